The summed E-state index contributed by atoms with van der Waals surface area (Å²) in [5, 5.41) is 0. The van der Waals surface area contributed by atoms with Crippen LogP contribution in [0.2, 0.25) is 0 Å². The maximum atomic E-state index is 14.3. The van der Waals surface area contributed by atoms with E-state index in [4.69, 9.17) is 0 Å². The highest BCUT2D eigenvalue weighted by Gasteiger charge is 2.45. The molecule has 0 N–H and O–H groups in total. The first-order chi connectivity index (χ1) is 22.2. The van der Waals surface area contributed by atoms with E-state index < -0.39 is 0 Å². The van der Waals surface area contributed by atoms with E-state index in [1.807, 2.05) is 0 Å². The number of Topliss-reactive ketones (excluding diaryl/α,β-unsaturated/α-hetero) is 1. The highest BCUT2D eigenvalue weighted by molar-refractivity contribution is 6.06. The van der Waals surface area contributed by atoms with Crippen LogP contribution >= 0.6 is 0 Å². The average molecular weight is 613 g/mol. The van der Waals surface area contributed by atoms with Gasteiger partial charge in [0.15, 0.2) is 5.78 Å². The first-order valence-electron chi connectivity index (χ1n) is 20.0. The molecule has 0 amide bonds. The van der Waals surface area contributed by atoms with Crippen molar-refractivity contribution in [3.05, 3.63) is 58.7 Å². The van der Waals surface area contributed by atoms with E-state index in [9.17, 15) is 4.79 Å². The minimum atomic E-state index is -0.145. The monoisotopic (exact) mass is 613 g/mol. The molecule has 250 valence electrons. The number of hydrogen-bond acceptors (Lipinski definition) is 1. The van der Waals surface area contributed by atoms with Gasteiger partial charge in [-0.2, -0.15) is 0 Å². The van der Waals surface area contributed by atoms with Crippen LogP contribution in [0.5, 0.6) is 0 Å². The van der Waals surface area contributed by atoms with Crippen molar-refractivity contribution in [2.45, 2.75) is 194 Å². The number of benzene rings is 2. The fraction of sp³-hybridized carbons (Fsp3) is 0.705. The van der Waals surface area contributed by atoms with Crippen molar-refractivity contribution >= 4 is 5.78 Å². The van der Waals surface area contributed by atoms with E-state index >= 15 is 0 Å². The van der Waals surface area contributed by atoms with Gasteiger partial charge < -0.3 is 0 Å². The van der Waals surface area contributed by atoms with Gasteiger partial charge in [-0.3, -0.25) is 4.79 Å². The zero-order valence-corrected chi connectivity index (χ0v) is 29.7. The van der Waals surface area contributed by atoms with Gasteiger partial charge in [0, 0.05) is 11.0 Å². The van der Waals surface area contributed by atoms with E-state index in [0.29, 0.717) is 5.78 Å². The number of hydrogen-bond donors (Lipinski definition) is 0. The normalized spacial score (nSPS) is 14.6. The molecule has 4 rings (SSSR count). The molecule has 2 aliphatic rings. The van der Waals surface area contributed by atoms with Crippen molar-refractivity contribution in [1.82, 2.24) is 0 Å². The lowest BCUT2D eigenvalue weighted by molar-refractivity contribution is 0.0777. The summed E-state index contributed by atoms with van der Waals surface area (Å²) in [7, 11) is 0. The zero-order valence-electron chi connectivity index (χ0n) is 29.7. The summed E-state index contributed by atoms with van der Waals surface area (Å²) in [6.07, 6.45) is 37.2. The number of carbonyl (C=O) groups is 1. The Hall–Kier alpha value is -1.89. The van der Waals surface area contributed by atoms with Crippen molar-refractivity contribution in [3.8, 4) is 11.1 Å². The quantitative estimate of drug-likeness (QED) is 0.0824. The molecule has 2 aliphatic carbocycles. The van der Waals surface area contributed by atoms with Crippen LogP contribution in [0.25, 0.3) is 11.1 Å². The molecule has 0 saturated carbocycles. The van der Waals surface area contributed by atoms with Crippen LogP contribution in [0, 0.1) is 5.41 Å². The topological polar surface area (TPSA) is 17.1 Å². The number of fused-ring (bicyclic) bond motifs is 4. The van der Waals surface area contributed by atoms with Crippen molar-refractivity contribution < 1.29 is 4.79 Å². The summed E-state index contributed by atoms with van der Waals surface area (Å²) >= 11 is 0. The molecule has 0 radical (unpaired) electrons. The molecule has 2 aromatic rings. The lowest BCUT2D eigenvalue weighted by Crippen LogP contribution is -2.28. The fourth-order valence-corrected chi connectivity index (χ4v) is 8.45. The second-order valence-corrected chi connectivity index (χ2v) is 15.1. The molecule has 45 heavy (non-hydrogen) atoms. The van der Waals surface area contributed by atoms with E-state index in [2.05, 4.69) is 50.2 Å². The van der Waals surface area contributed by atoms with Gasteiger partial charge in [0.2, 0.25) is 0 Å². The smallest absolute Gasteiger partial charge is 0.169 e. The standard InChI is InChI=1S/C44H68O/c1-3-5-7-9-11-13-15-17-19-21-23-27-31-44(32-28-24-22-20-18-16-14-12-10-8-6-4-2)36-39-35-41-38(34-42(39)43(44)45)33-37-29-25-26-30-40(37)41/h25-26,29-30,34-35H,3-24,27-28,31-33,36H2,1-2H3. The number of unbranched alkanes of at least 4 members (excludes halogenated alkanes) is 22. The molecule has 0 fully saturated rings. The highest BCUT2D eigenvalue weighted by Crippen LogP contribution is 2.48. The van der Waals surface area contributed by atoms with E-state index in [1.165, 1.54) is 182 Å². The highest BCUT2D eigenvalue weighted by atomic mass is 16.1. The molecule has 0 bridgehead atoms. The second kappa shape index (κ2) is 20.4. The maximum absolute atomic E-state index is 14.3. The summed E-state index contributed by atoms with van der Waals surface area (Å²) in [5.74, 6) is 0.488. The first kappa shape index (κ1) is 36.0. The lowest BCUT2D eigenvalue weighted by atomic mass is 9.74. The van der Waals surface area contributed by atoms with Crippen molar-refractivity contribution in [2.24, 2.45) is 5.41 Å². The Morgan fingerprint density at radius 1 is 0.467 bits per heavy atom. The molecule has 0 spiro atoms. The van der Waals surface area contributed by atoms with Gasteiger partial charge in [-0.25, -0.2) is 0 Å². The summed E-state index contributed by atoms with van der Waals surface area (Å²) in [4.78, 5) is 14.3. The van der Waals surface area contributed by atoms with Crippen LogP contribution in [0.15, 0.2) is 36.4 Å². The van der Waals surface area contributed by atoms with Crippen LogP contribution < -0.4 is 0 Å². The minimum Gasteiger partial charge on any atom is -0.294 e. The average Bonchev–Trinajstić information content (AvgIpc) is 3.55. The SMILES string of the molecule is CCCCCCCCCCCCCCC1(CCCCCCCCCCCCCC)Cc2cc3c(cc2C1=O)Cc1ccccc1-3. The largest absolute Gasteiger partial charge is 0.294 e. The molecule has 2 aromatic carbocycles. The maximum Gasteiger partial charge on any atom is 0.169 e. The summed E-state index contributed by atoms with van der Waals surface area (Å²) in [6, 6.07) is 13.6. The summed E-state index contributed by atoms with van der Waals surface area (Å²) in [5.41, 5.74) is 7.84. The molecule has 0 heterocycles. The molecule has 0 atom stereocenters. The third kappa shape index (κ3) is 11.1. The van der Waals surface area contributed by atoms with Gasteiger partial charge in [0.25, 0.3) is 0 Å². The van der Waals surface area contributed by atoms with Gasteiger partial charge >= 0.3 is 0 Å². The van der Waals surface area contributed by atoms with Crippen LogP contribution in [0.1, 0.15) is 208 Å². The van der Waals surface area contributed by atoms with Crippen LogP contribution in [0.4, 0.5) is 0 Å². The van der Waals surface area contributed by atoms with Crippen LogP contribution in [0.3, 0.4) is 0 Å². The Kier molecular flexibility index (Phi) is 16.3. The lowest BCUT2D eigenvalue weighted by Gasteiger charge is -2.28. The zero-order chi connectivity index (χ0) is 31.6. The third-order valence-corrected chi connectivity index (χ3v) is 11.3. The van der Waals surface area contributed by atoms with Crippen molar-refractivity contribution in [3.63, 3.8) is 0 Å². The van der Waals surface area contributed by atoms with Gasteiger partial charge in [-0.15, -0.1) is 0 Å². The third-order valence-electron chi connectivity index (χ3n) is 11.3. The summed E-state index contributed by atoms with van der Waals surface area (Å²) < 4.78 is 0. The molecule has 1 nitrogen and oxygen atoms in total. The molecular formula is C44H68O. The van der Waals surface area contributed by atoms with Crippen molar-refractivity contribution in [1.29, 1.82) is 0 Å². The molecule has 0 aromatic heterocycles. The second-order valence-electron chi connectivity index (χ2n) is 15.1. The Labute approximate surface area is 278 Å². The van der Waals surface area contributed by atoms with Gasteiger partial charge in [0.1, 0.15) is 0 Å². The minimum absolute atomic E-state index is 0.145. The number of carbonyl (C=O) groups excluding carboxylic acids is 1. The van der Waals surface area contributed by atoms with Gasteiger partial charge in [-0.05, 0) is 59.6 Å². The predicted molar refractivity (Wildman–Crippen MR) is 197 cm³/mol. The Balaban J connectivity index is 1.23. The van der Waals surface area contributed by atoms with Gasteiger partial charge in [-0.1, -0.05) is 198 Å². The molecular weight excluding hydrogens is 544 g/mol. The first-order valence-corrected chi connectivity index (χ1v) is 20.0. The molecule has 0 saturated heterocycles. The fourth-order valence-electron chi connectivity index (χ4n) is 8.45. The molecule has 0 unspecified atom stereocenters. The van der Waals surface area contributed by atoms with Gasteiger partial charge in [0.05, 0.1) is 0 Å². The van der Waals surface area contributed by atoms with Crippen LogP contribution in [-0.2, 0) is 12.8 Å². The van der Waals surface area contributed by atoms with Crippen LogP contribution in [-0.4, -0.2) is 5.78 Å². The Morgan fingerprint density at radius 3 is 1.38 bits per heavy atom. The van der Waals surface area contributed by atoms with E-state index in [-0.39, 0.29) is 5.41 Å². The van der Waals surface area contributed by atoms with E-state index in [0.717, 1.165) is 31.2 Å². The Bertz CT molecular complexity index is 1100. The molecule has 1 heteroatoms. The molecule has 0 aliphatic heterocycles. The predicted octanol–water partition coefficient (Wildman–Crippen LogP) is 14.2. The van der Waals surface area contributed by atoms with E-state index in [1.54, 1.807) is 0 Å². The number of ketones is 1. The number of rotatable bonds is 26. The van der Waals surface area contributed by atoms with Crippen molar-refractivity contribution in [2.75, 3.05) is 0 Å². The Morgan fingerprint density at radius 2 is 0.889 bits per heavy atom. The summed E-state index contributed by atoms with van der Waals surface area (Å²) in [6.45, 7) is 4.60.